The van der Waals surface area contributed by atoms with Gasteiger partial charge in [-0.2, -0.15) is 0 Å². The topological polar surface area (TPSA) is 87.2 Å². The molecule has 7 nitrogen and oxygen atoms in total. The Kier molecular flexibility index (Phi) is 8.48. The monoisotopic (exact) mass is 666 g/mol. The van der Waals surface area contributed by atoms with Crippen LogP contribution in [0.1, 0.15) is 145 Å². The number of carboxylic acids is 1. The summed E-state index contributed by atoms with van der Waals surface area (Å²) >= 11 is 0. The van der Waals surface area contributed by atoms with Gasteiger partial charge in [0.2, 0.25) is 5.91 Å². The normalized spacial score (nSPS) is 44.1. The van der Waals surface area contributed by atoms with Crippen LogP contribution in [0.2, 0.25) is 0 Å². The minimum absolute atomic E-state index is 0.0946. The summed E-state index contributed by atoms with van der Waals surface area (Å²) in [4.78, 5) is 43.5. The second kappa shape index (κ2) is 11.7. The third kappa shape index (κ3) is 5.31. The molecule has 48 heavy (non-hydrogen) atoms. The average molecular weight is 667 g/mol. The van der Waals surface area contributed by atoms with Gasteiger partial charge in [0.05, 0.1) is 11.8 Å². The molecule has 270 valence electrons. The van der Waals surface area contributed by atoms with Gasteiger partial charge in [0.1, 0.15) is 6.10 Å². The molecule has 7 heteroatoms. The predicted octanol–water partition coefficient (Wildman–Crippen LogP) is 7.95. The molecular weight excluding hydrogens is 600 g/mol. The first-order chi connectivity index (χ1) is 22.5. The first kappa shape index (κ1) is 34.8. The number of nitrogens with zero attached hydrogens (tertiary/aromatic N) is 2. The van der Waals surface area contributed by atoms with Gasteiger partial charge in [-0.05, 0) is 136 Å². The van der Waals surface area contributed by atoms with Crippen molar-refractivity contribution in [3.05, 3.63) is 0 Å². The Hall–Kier alpha value is -1.63. The molecule has 0 aromatic rings. The van der Waals surface area contributed by atoms with Crippen LogP contribution >= 0.6 is 0 Å². The highest BCUT2D eigenvalue weighted by Crippen LogP contribution is 2.77. The Balaban J connectivity index is 1.06. The molecule has 0 aromatic carbocycles. The smallest absolute Gasteiger partial charge is 0.309 e. The lowest BCUT2D eigenvalue weighted by atomic mass is 9.32. The summed E-state index contributed by atoms with van der Waals surface area (Å²) < 4.78 is 6.17. The van der Waals surface area contributed by atoms with Crippen LogP contribution in [-0.2, 0) is 19.1 Å². The van der Waals surface area contributed by atoms with Gasteiger partial charge in [-0.25, -0.2) is 0 Å². The Bertz CT molecular complexity index is 1300. The zero-order chi connectivity index (χ0) is 34.5. The molecule has 1 amide bonds. The zero-order valence-electron chi connectivity index (χ0n) is 31.4. The molecule has 1 saturated heterocycles. The molecule has 2 unspecified atom stereocenters. The minimum atomic E-state index is -1.12. The van der Waals surface area contributed by atoms with E-state index in [1.165, 1.54) is 64.2 Å². The lowest BCUT2D eigenvalue weighted by Crippen LogP contribution is -2.66. The predicted molar refractivity (Wildman–Crippen MR) is 187 cm³/mol. The van der Waals surface area contributed by atoms with Crippen LogP contribution in [0.3, 0.4) is 0 Å². The maximum Gasteiger partial charge on any atom is 0.309 e. The fourth-order valence-corrected chi connectivity index (χ4v) is 14.0. The van der Waals surface area contributed by atoms with Crippen molar-refractivity contribution in [3.63, 3.8) is 0 Å². The third-order valence-corrected chi connectivity index (χ3v) is 17.2. The van der Waals surface area contributed by atoms with Crippen molar-refractivity contribution in [2.24, 2.45) is 56.2 Å². The van der Waals surface area contributed by atoms with Gasteiger partial charge >= 0.3 is 11.9 Å². The number of hydrogen-bond acceptors (Lipinski definition) is 5. The van der Waals surface area contributed by atoms with Crippen LogP contribution in [0.4, 0.5) is 0 Å². The number of fused-ring (bicyclic) bond motifs is 7. The number of hydrogen-bond donors (Lipinski definition) is 1. The van der Waals surface area contributed by atoms with E-state index in [4.69, 9.17) is 4.74 Å². The highest BCUT2D eigenvalue weighted by molar-refractivity contribution is 5.81. The van der Waals surface area contributed by atoms with E-state index < -0.39 is 11.4 Å². The van der Waals surface area contributed by atoms with Gasteiger partial charge in [0, 0.05) is 44.1 Å². The van der Waals surface area contributed by atoms with Crippen LogP contribution in [0.15, 0.2) is 0 Å². The second-order valence-corrected chi connectivity index (χ2v) is 20.1. The summed E-state index contributed by atoms with van der Waals surface area (Å²) in [6.07, 6.45) is 16.4. The van der Waals surface area contributed by atoms with Crippen molar-refractivity contribution in [1.29, 1.82) is 0 Å². The number of carbonyl (C=O) groups is 3. The Morgan fingerprint density at radius 1 is 0.750 bits per heavy atom. The maximum atomic E-state index is 13.9. The van der Waals surface area contributed by atoms with E-state index in [1.807, 2.05) is 0 Å². The van der Waals surface area contributed by atoms with E-state index in [0.29, 0.717) is 29.6 Å². The van der Waals surface area contributed by atoms with Gasteiger partial charge in [-0.15, -0.1) is 0 Å². The third-order valence-electron chi connectivity index (χ3n) is 17.2. The fraction of sp³-hybridized carbons (Fsp3) is 0.927. The quantitative estimate of drug-likeness (QED) is 0.278. The standard InChI is InChI=1S/C41H66N2O5/c1-36(2,35(46)47)26-34(45)48-32-15-17-38(5)30(37(32,3)4)14-18-40(7)31(38)13-12-28-29-9-8-16-41(29,20-19-39(28,40)6)25-33(44)43-23-21-42(22-24-43)27-10-11-27/h27-32H,8-26H2,1-7H3,(H,46,47)/t28-,29-,30?,31?,32+,38+,39-,40-,41-/m1/s1. The first-order valence-corrected chi connectivity index (χ1v) is 19.9. The number of aliphatic carboxylic acids is 1. The van der Waals surface area contributed by atoms with Gasteiger partial charge < -0.3 is 14.7 Å². The molecule has 0 spiro atoms. The van der Waals surface area contributed by atoms with E-state index in [0.717, 1.165) is 57.9 Å². The van der Waals surface area contributed by atoms with Crippen molar-refractivity contribution in [2.45, 2.75) is 157 Å². The minimum Gasteiger partial charge on any atom is -0.481 e. The van der Waals surface area contributed by atoms with Crippen molar-refractivity contribution in [2.75, 3.05) is 26.2 Å². The lowest BCUT2D eigenvalue weighted by Gasteiger charge is -2.72. The van der Waals surface area contributed by atoms with Gasteiger partial charge in [-0.1, -0.05) is 41.0 Å². The van der Waals surface area contributed by atoms with Crippen LogP contribution in [0, 0.1) is 56.2 Å². The molecule has 0 bridgehead atoms. The summed E-state index contributed by atoms with van der Waals surface area (Å²) in [5.41, 5.74) is -0.330. The number of ether oxygens (including phenoxy) is 1. The molecular formula is C41H66N2O5. The molecule has 1 N–H and O–H groups in total. The average Bonchev–Trinajstić information content (AvgIpc) is 3.78. The van der Waals surface area contributed by atoms with Crippen molar-refractivity contribution >= 4 is 17.8 Å². The first-order valence-electron chi connectivity index (χ1n) is 19.9. The van der Waals surface area contributed by atoms with Crippen LogP contribution in [0.5, 0.6) is 0 Å². The van der Waals surface area contributed by atoms with Crippen molar-refractivity contribution < 1.29 is 24.2 Å². The number of rotatable bonds is 7. The fourth-order valence-electron chi connectivity index (χ4n) is 14.0. The molecule has 0 aromatic heterocycles. The molecule has 7 fully saturated rings. The number of esters is 1. The Morgan fingerprint density at radius 2 is 1.46 bits per heavy atom. The van der Waals surface area contributed by atoms with Crippen LogP contribution < -0.4 is 0 Å². The number of amides is 1. The Morgan fingerprint density at radius 3 is 2.12 bits per heavy atom. The largest absolute Gasteiger partial charge is 0.481 e. The Labute approximate surface area is 290 Å². The highest BCUT2D eigenvalue weighted by atomic mass is 16.5. The summed E-state index contributed by atoms with van der Waals surface area (Å²) in [5, 5.41) is 9.58. The van der Waals surface area contributed by atoms with Crippen LogP contribution in [-0.4, -0.2) is 71.1 Å². The van der Waals surface area contributed by atoms with E-state index in [9.17, 15) is 19.5 Å². The molecule has 7 rings (SSSR count). The maximum absolute atomic E-state index is 13.9. The summed E-state index contributed by atoms with van der Waals surface area (Å²) in [6.45, 7) is 19.8. The SMILES string of the molecule is CC(C)(CC(=O)O[C@H]1CC[C@@]2(C)C(CC[C@]3(C)C2CC[C@@H]2[C@H]4CCC[C@]4(CC(=O)N4CCN(C5CC5)CC4)CC[C@]23C)C1(C)C)C(=O)O. The molecule has 0 radical (unpaired) electrons. The second-order valence-electron chi connectivity index (χ2n) is 20.1. The van der Waals surface area contributed by atoms with Crippen molar-refractivity contribution in [1.82, 2.24) is 9.80 Å². The molecule has 6 saturated carbocycles. The van der Waals surface area contributed by atoms with Crippen molar-refractivity contribution in [3.8, 4) is 0 Å². The van der Waals surface area contributed by atoms with Crippen LogP contribution in [0.25, 0.3) is 0 Å². The summed E-state index contributed by atoms with van der Waals surface area (Å²) in [6, 6.07) is 0.798. The number of carboxylic acid groups (broad SMARTS) is 1. The van der Waals surface area contributed by atoms with Gasteiger partial charge in [0.15, 0.2) is 0 Å². The van der Waals surface area contributed by atoms with E-state index in [1.54, 1.807) is 13.8 Å². The van der Waals surface area contributed by atoms with Gasteiger partial charge in [-0.3, -0.25) is 19.3 Å². The summed E-state index contributed by atoms with van der Waals surface area (Å²) in [7, 11) is 0. The molecule has 7 aliphatic rings. The lowest BCUT2D eigenvalue weighted by molar-refractivity contribution is -0.248. The van der Waals surface area contributed by atoms with E-state index >= 15 is 0 Å². The highest BCUT2D eigenvalue weighted by Gasteiger charge is 2.70. The molecule has 1 heterocycles. The molecule has 1 aliphatic heterocycles. The number of carbonyl (C=O) groups excluding carboxylic acids is 2. The summed E-state index contributed by atoms with van der Waals surface area (Å²) in [5.74, 6) is 1.60. The zero-order valence-corrected chi connectivity index (χ0v) is 31.4. The number of piperazine rings is 1. The van der Waals surface area contributed by atoms with E-state index in [2.05, 4.69) is 44.4 Å². The van der Waals surface area contributed by atoms with E-state index in [-0.39, 0.29) is 45.6 Å². The molecule has 9 atom stereocenters. The van der Waals surface area contributed by atoms with Gasteiger partial charge in [0.25, 0.3) is 0 Å². The molecule has 6 aliphatic carbocycles.